The molecular weight excluding hydrogens is 403 g/mol. The summed E-state index contributed by atoms with van der Waals surface area (Å²) in [6.07, 6.45) is 1.55. The van der Waals surface area contributed by atoms with Crippen molar-refractivity contribution in [3.63, 3.8) is 0 Å². The molecule has 4 aromatic carbocycles. The summed E-state index contributed by atoms with van der Waals surface area (Å²) in [6.45, 7) is 0. The Morgan fingerprint density at radius 1 is 0.867 bits per heavy atom. The van der Waals surface area contributed by atoms with E-state index in [0.29, 0.717) is 11.3 Å². The van der Waals surface area contributed by atoms with Crippen LogP contribution in [0.15, 0.2) is 94.8 Å². The summed E-state index contributed by atoms with van der Waals surface area (Å²) in [4.78, 5) is 4.42. The fourth-order valence-electron chi connectivity index (χ4n) is 3.00. The standard InChI is InChI=1S/C23H17FN2O3S/c24-17-6-8-19(9-7-17)26-30(28,29)20-12-10-18(11-13-20)25-15-22-21-4-2-1-3-16(21)5-14-23(22)27/h1-15,26-27H. The van der Waals surface area contributed by atoms with Crippen molar-refractivity contribution in [3.8, 4) is 5.75 Å². The van der Waals surface area contributed by atoms with Gasteiger partial charge in [0.15, 0.2) is 0 Å². The molecule has 0 aromatic heterocycles. The first-order valence-electron chi connectivity index (χ1n) is 9.06. The average Bonchev–Trinajstić information content (AvgIpc) is 2.75. The molecule has 30 heavy (non-hydrogen) atoms. The third-order valence-corrected chi connectivity index (χ3v) is 5.93. The Balaban J connectivity index is 1.57. The lowest BCUT2D eigenvalue weighted by Gasteiger charge is -2.08. The molecule has 0 amide bonds. The summed E-state index contributed by atoms with van der Waals surface area (Å²) < 4.78 is 40.4. The van der Waals surface area contributed by atoms with E-state index in [2.05, 4.69) is 9.71 Å². The topological polar surface area (TPSA) is 78.8 Å². The summed E-state index contributed by atoms with van der Waals surface area (Å²) in [5.74, 6) is -0.336. The van der Waals surface area contributed by atoms with E-state index in [1.807, 2.05) is 30.3 Å². The van der Waals surface area contributed by atoms with Gasteiger partial charge in [0.25, 0.3) is 10.0 Å². The predicted octanol–water partition coefficient (Wildman–Crippen LogP) is 5.24. The molecule has 0 radical (unpaired) electrons. The van der Waals surface area contributed by atoms with E-state index in [0.717, 1.165) is 10.8 Å². The van der Waals surface area contributed by atoms with Gasteiger partial charge >= 0.3 is 0 Å². The Hall–Kier alpha value is -3.71. The van der Waals surface area contributed by atoms with E-state index < -0.39 is 15.8 Å². The molecule has 0 bridgehead atoms. The molecule has 0 heterocycles. The van der Waals surface area contributed by atoms with Crippen molar-refractivity contribution in [1.82, 2.24) is 0 Å². The minimum Gasteiger partial charge on any atom is -0.507 e. The normalized spacial score (nSPS) is 11.8. The Bertz CT molecular complexity index is 1330. The Kier molecular flexibility index (Phi) is 5.20. The third-order valence-electron chi connectivity index (χ3n) is 4.53. The van der Waals surface area contributed by atoms with Crippen molar-refractivity contribution in [2.24, 2.45) is 4.99 Å². The smallest absolute Gasteiger partial charge is 0.261 e. The Labute approximate surface area is 173 Å². The van der Waals surface area contributed by atoms with Gasteiger partial charge in [-0.1, -0.05) is 30.3 Å². The van der Waals surface area contributed by atoms with Crippen LogP contribution in [0.5, 0.6) is 5.75 Å². The lowest BCUT2D eigenvalue weighted by Crippen LogP contribution is -2.12. The van der Waals surface area contributed by atoms with Crippen molar-refractivity contribution < 1.29 is 17.9 Å². The second-order valence-corrected chi connectivity index (χ2v) is 8.27. The molecule has 150 valence electrons. The Morgan fingerprint density at radius 2 is 1.57 bits per heavy atom. The molecule has 0 saturated carbocycles. The number of sulfonamides is 1. The van der Waals surface area contributed by atoms with E-state index in [-0.39, 0.29) is 16.3 Å². The van der Waals surface area contributed by atoms with Gasteiger partial charge in [0.05, 0.1) is 10.6 Å². The molecule has 5 nitrogen and oxygen atoms in total. The Morgan fingerprint density at radius 3 is 2.30 bits per heavy atom. The largest absolute Gasteiger partial charge is 0.507 e. The van der Waals surface area contributed by atoms with Crippen LogP contribution in [0, 0.1) is 5.82 Å². The van der Waals surface area contributed by atoms with E-state index in [9.17, 15) is 17.9 Å². The van der Waals surface area contributed by atoms with Crippen LogP contribution in [-0.4, -0.2) is 19.7 Å². The summed E-state index contributed by atoms with van der Waals surface area (Å²) in [7, 11) is -3.81. The average molecular weight is 420 g/mol. The number of phenolic OH excluding ortho intramolecular Hbond substituents is 1. The lowest BCUT2D eigenvalue weighted by atomic mass is 10.0. The summed E-state index contributed by atoms with van der Waals surface area (Å²) in [6, 6.07) is 22.1. The first-order chi connectivity index (χ1) is 14.4. The number of hydrogen-bond acceptors (Lipinski definition) is 4. The molecule has 0 aliphatic carbocycles. The monoisotopic (exact) mass is 420 g/mol. The van der Waals surface area contributed by atoms with Gasteiger partial charge in [-0.15, -0.1) is 0 Å². The van der Waals surface area contributed by atoms with Crippen LogP contribution >= 0.6 is 0 Å². The van der Waals surface area contributed by atoms with Crippen LogP contribution in [0.3, 0.4) is 0 Å². The van der Waals surface area contributed by atoms with E-state index in [1.54, 1.807) is 24.4 Å². The quantitative estimate of drug-likeness (QED) is 0.434. The van der Waals surface area contributed by atoms with Gasteiger partial charge in [0.2, 0.25) is 0 Å². The molecule has 4 rings (SSSR count). The molecular formula is C23H17FN2O3S. The van der Waals surface area contributed by atoms with Crippen LogP contribution in [-0.2, 0) is 10.0 Å². The number of nitrogens with zero attached hydrogens (tertiary/aromatic N) is 1. The number of hydrogen-bond donors (Lipinski definition) is 2. The lowest BCUT2D eigenvalue weighted by molar-refractivity contribution is 0.475. The van der Waals surface area contributed by atoms with Gasteiger partial charge in [-0.05, 0) is 65.4 Å². The van der Waals surface area contributed by atoms with Gasteiger partial charge < -0.3 is 5.11 Å². The highest BCUT2D eigenvalue weighted by molar-refractivity contribution is 7.92. The molecule has 0 atom stereocenters. The first-order valence-corrected chi connectivity index (χ1v) is 10.5. The zero-order chi connectivity index (χ0) is 21.1. The van der Waals surface area contributed by atoms with Crippen LogP contribution in [0.4, 0.5) is 15.8 Å². The van der Waals surface area contributed by atoms with Gasteiger partial charge in [0.1, 0.15) is 11.6 Å². The molecule has 2 N–H and O–H groups in total. The van der Waals surface area contributed by atoms with Gasteiger partial charge in [-0.2, -0.15) is 0 Å². The van der Waals surface area contributed by atoms with Crippen LogP contribution < -0.4 is 4.72 Å². The zero-order valence-electron chi connectivity index (χ0n) is 15.7. The zero-order valence-corrected chi connectivity index (χ0v) is 16.5. The second kappa shape index (κ2) is 7.96. The third kappa shape index (κ3) is 4.16. The van der Waals surface area contributed by atoms with Crippen molar-refractivity contribution >= 4 is 38.4 Å². The van der Waals surface area contributed by atoms with Crippen molar-refractivity contribution in [1.29, 1.82) is 0 Å². The first kappa shape index (κ1) is 19.6. The predicted molar refractivity (Wildman–Crippen MR) is 117 cm³/mol. The number of phenols is 1. The summed E-state index contributed by atoms with van der Waals surface area (Å²) in [5, 5.41) is 12.0. The van der Waals surface area contributed by atoms with Crippen LogP contribution in [0.1, 0.15) is 5.56 Å². The maximum absolute atomic E-state index is 13.0. The molecule has 0 fully saturated rings. The van der Waals surface area contributed by atoms with Gasteiger partial charge in [0, 0.05) is 17.5 Å². The second-order valence-electron chi connectivity index (χ2n) is 6.58. The summed E-state index contributed by atoms with van der Waals surface area (Å²) in [5.41, 5.74) is 1.38. The number of halogens is 1. The molecule has 0 spiro atoms. The number of aromatic hydroxyl groups is 1. The number of benzene rings is 4. The van der Waals surface area contributed by atoms with Crippen molar-refractivity contribution in [2.45, 2.75) is 4.90 Å². The van der Waals surface area contributed by atoms with Crippen LogP contribution in [0.2, 0.25) is 0 Å². The molecule has 7 heteroatoms. The van der Waals surface area contributed by atoms with Crippen molar-refractivity contribution in [2.75, 3.05) is 4.72 Å². The number of nitrogens with one attached hydrogen (secondary N) is 1. The molecule has 0 saturated heterocycles. The number of anilines is 1. The van der Waals surface area contributed by atoms with Gasteiger partial charge in [-0.25, -0.2) is 12.8 Å². The number of fused-ring (bicyclic) bond motifs is 1. The minimum absolute atomic E-state index is 0.0544. The molecule has 0 aliphatic heterocycles. The number of aliphatic imine (C=N–C) groups is 1. The minimum atomic E-state index is -3.81. The summed E-state index contributed by atoms with van der Waals surface area (Å²) >= 11 is 0. The fraction of sp³-hybridized carbons (Fsp3) is 0. The maximum atomic E-state index is 13.0. The molecule has 0 aliphatic rings. The highest BCUT2D eigenvalue weighted by Gasteiger charge is 2.14. The van der Waals surface area contributed by atoms with Crippen LogP contribution in [0.25, 0.3) is 10.8 Å². The molecule has 0 unspecified atom stereocenters. The highest BCUT2D eigenvalue weighted by atomic mass is 32.2. The number of rotatable bonds is 5. The van der Waals surface area contributed by atoms with E-state index in [4.69, 9.17) is 0 Å². The fourth-order valence-corrected chi connectivity index (χ4v) is 4.06. The maximum Gasteiger partial charge on any atom is 0.261 e. The highest BCUT2D eigenvalue weighted by Crippen LogP contribution is 2.26. The van der Waals surface area contributed by atoms with Crippen molar-refractivity contribution in [3.05, 3.63) is 96.3 Å². The van der Waals surface area contributed by atoms with E-state index >= 15 is 0 Å². The molecule has 4 aromatic rings. The SMILES string of the molecule is O=S(=O)(Nc1ccc(F)cc1)c1ccc(N=Cc2c(O)ccc3ccccc23)cc1. The van der Waals surface area contributed by atoms with Gasteiger partial charge in [-0.3, -0.25) is 9.71 Å². The van der Waals surface area contributed by atoms with E-state index in [1.165, 1.54) is 36.4 Å².